The molecule has 6 nitrogen and oxygen atoms in total. The molecule has 0 aromatic carbocycles. The molecule has 2 rings (SSSR count). The van der Waals surface area contributed by atoms with Crippen LogP contribution in [0.15, 0.2) is 5.47 Å². The number of aryl methyl sites for hydroxylation is 1. The second-order valence-corrected chi connectivity index (χ2v) is 5.16. The summed E-state index contributed by atoms with van der Waals surface area (Å²) in [5.74, 6) is 1.27. The van der Waals surface area contributed by atoms with E-state index in [0.29, 0.717) is 37.0 Å². The third-order valence-corrected chi connectivity index (χ3v) is 3.52. The van der Waals surface area contributed by atoms with Gasteiger partial charge in [-0.05, 0) is 27.2 Å². The van der Waals surface area contributed by atoms with E-state index in [4.69, 9.17) is 12.6 Å². The summed E-state index contributed by atoms with van der Waals surface area (Å²) in [6.07, 6.45) is 1.68. The molecule has 2 heterocycles. The van der Waals surface area contributed by atoms with Gasteiger partial charge in [0.15, 0.2) is 0 Å². The highest BCUT2D eigenvalue weighted by Gasteiger charge is 2.27. The number of nitrogens with one attached hydrogen (secondary N) is 1. The van der Waals surface area contributed by atoms with E-state index in [2.05, 4.69) is 15.3 Å². The average Bonchev–Trinajstić information content (AvgIpc) is 2.48. The SMILES string of the molecule is [B]C1=Cc2c(C)nc(NCC)nc2N(CCCOCC)C1O. The van der Waals surface area contributed by atoms with E-state index in [1.165, 1.54) is 0 Å². The number of hydrogen-bond acceptors (Lipinski definition) is 6. The first-order valence-electron chi connectivity index (χ1n) is 7.70. The molecule has 0 spiro atoms. The second kappa shape index (κ2) is 7.60. The topological polar surface area (TPSA) is 70.5 Å². The molecule has 1 aromatic heterocycles. The van der Waals surface area contributed by atoms with Crippen molar-refractivity contribution in [2.75, 3.05) is 36.5 Å². The first kappa shape index (κ1) is 16.8. The fourth-order valence-corrected chi connectivity index (χ4v) is 2.44. The zero-order valence-electron chi connectivity index (χ0n) is 13.5. The minimum atomic E-state index is -0.863. The maximum atomic E-state index is 10.4. The highest BCUT2D eigenvalue weighted by Crippen LogP contribution is 2.31. The van der Waals surface area contributed by atoms with Crippen LogP contribution in [0.2, 0.25) is 0 Å². The van der Waals surface area contributed by atoms with E-state index >= 15 is 0 Å². The van der Waals surface area contributed by atoms with Crippen molar-refractivity contribution < 1.29 is 9.84 Å². The normalized spacial score (nSPS) is 17.2. The molecule has 2 radical (unpaired) electrons. The monoisotopic (exact) mass is 302 g/mol. The average molecular weight is 302 g/mol. The molecule has 0 amide bonds. The minimum Gasteiger partial charge on any atom is -0.382 e. The van der Waals surface area contributed by atoms with Crippen molar-refractivity contribution in [1.82, 2.24) is 9.97 Å². The van der Waals surface area contributed by atoms with Crippen LogP contribution in [0.5, 0.6) is 0 Å². The zero-order valence-corrected chi connectivity index (χ0v) is 13.5. The van der Waals surface area contributed by atoms with E-state index in [0.717, 1.165) is 24.2 Å². The Morgan fingerprint density at radius 3 is 2.86 bits per heavy atom. The molecule has 7 heteroatoms. The van der Waals surface area contributed by atoms with Crippen LogP contribution in [0.4, 0.5) is 11.8 Å². The number of ether oxygens (including phenoxy) is 1. The standard InChI is InChI=1S/C15H23BN4O2/c1-4-17-15-18-10(3)11-9-12(16)14(21)20(13(11)19-15)7-6-8-22-5-2/h9,14,21H,4-8H2,1-3H3,(H,17,18,19). The predicted molar refractivity (Wildman–Crippen MR) is 89.1 cm³/mol. The van der Waals surface area contributed by atoms with E-state index < -0.39 is 6.23 Å². The van der Waals surface area contributed by atoms with Gasteiger partial charge in [0, 0.05) is 31.9 Å². The van der Waals surface area contributed by atoms with Crippen LogP contribution in [0.25, 0.3) is 6.08 Å². The molecule has 1 aromatic rings. The van der Waals surface area contributed by atoms with Crippen molar-refractivity contribution in [3.63, 3.8) is 0 Å². The van der Waals surface area contributed by atoms with Crippen molar-refractivity contribution in [2.24, 2.45) is 0 Å². The summed E-state index contributed by atoms with van der Waals surface area (Å²) >= 11 is 0. The summed E-state index contributed by atoms with van der Waals surface area (Å²) in [5.41, 5.74) is 2.11. The first-order chi connectivity index (χ1) is 10.6. The van der Waals surface area contributed by atoms with Crippen molar-refractivity contribution in [2.45, 2.75) is 33.4 Å². The number of anilines is 2. The molecule has 118 valence electrons. The molecule has 22 heavy (non-hydrogen) atoms. The lowest BCUT2D eigenvalue weighted by Crippen LogP contribution is -2.41. The van der Waals surface area contributed by atoms with Gasteiger partial charge in [-0.3, -0.25) is 0 Å². The van der Waals surface area contributed by atoms with Crippen LogP contribution >= 0.6 is 0 Å². The molecule has 1 unspecified atom stereocenters. The van der Waals surface area contributed by atoms with E-state index in [1.54, 1.807) is 11.0 Å². The smallest absolute Gasteiger partial charge is 0.224 e. The highest BCUT2D eigenvalue weighted by molar-refractivity contribution is 6.25. The van der Waals surface area contributed by atoms with E-state index in [-0.39, 0.29) is 0 Å². The Morgan fingerprint density at radius 2 is 2.18 bits per heavy atom. The van der Waals surface area contributed by atoms with Gasteiger partial charge in [-0.2, -0.15) is 4.98 Å². The molecule has 0 bridgehead atoms. The molecule has 0 saturated carbocycles. The fraction of sp³-hybridized carbons (Fsp3) is 0.600. The lowest BCUT2D eigenvalue weighted by molar-refractivity contribution is 0.141. The molecule has 1 aliphatic heterocycles. The van der Waals surface area contributed by atoms with Gasteiger partial charge in [0.2, 0.25) is 5.95 Å². The Kier molecular flexibility index (Phi) is 5.79. The van der Waals surface area contributed by atoms with Gasteiger partial charge < -0.3 is 20.1 Å². The summed E-state index contributed by atoms with van der Waals surface area (Å²) in [6, 6.07) is 0. The fourth-order valence-electron chi connectivity index (χ4n) is 2.44. The van der Waals surface area contributed by atoms with E-state index in [9.17, 15) is 5.11 Å². The van der Waals surface area contributed by atoms with Crippen molar-refractivity contribution >= 4 is 25.7 Å². The van der Waals surface area contributed by atoms with Crippen molar-refractivity contribution in [1.29, 1.82) is 0 Å². The third kappa shape index (κ3) is 3.59. The van der Waals surface area contributed by atoms with Crippen LogP contribution in [0.1, 0.15) is 31.5 Å². The Balaban J connectivity index is 2.29. The summed E-state index contributed by atoms with van der Waals surface area (Å²) in [5, 5.41) is 13.5. The maximum absolute atomic E-state index is 10.4. The first-order valence-corrected chi connectivity index (χ1v) is 7.70. The molecule has 0 saturated heterocycles. The molecular formula is C15H23BN4O2. The zero-order chi connectivity index (χ0) is 16.1. The summed E-state index contributed by atoms with van der Waals surface area (Å²) < 4.78 is 5.36. The van der Waals surface area contributed by atoms with Gasteiger partial charge in [0.05, 0.1) is 5.69 Å². The number of aliphatic hydroxyl groups is 1. The van der Waals surface area contributed by atoms with Gasteiger partial charge in [0.25, 0.3) is 0 Å². The number of aromatic nitrogens is 2. The van der Waals surface area contributed by atoms with Crippen LogP contribution in [0, 0.1) is 6.92 Å². The van der Waals surface area contributed by atoms with Crippen molar-refractivity contribution in [3.8, 4) is 0 Å². The molecule has 0 fully saturated rings. The predicted octanol–water partition coefficient (Wildman–Crippen LogP) is 1.29. The van der Waals surface area contributed by atoms with Gasteiger partial charge in [-0.1, -0.05) is 11.5 Å². The second-order valence-electron chi connectivity index (χ2n) is 5.16. The Morgan fingerprint density at radius 1 is 1.41 bits per heavy atom. The van der Waals surface area contributed by atoms with Crippen molar-refractivity contribution in [3.05, 3.63) is 16.7 Å². The Bertz CT molecular complexity index is 551. The van der Waals surface area contributed by atoms with Gasteiger partial charge in [-0.15, -0.1) is 0 Å². The van der Waals surface area contributed by atoms with Gasteiger partial charge in [-0.25, -0.2) is 4.98 Å². The summed E-state index contributed by atoms with van der Waals surface area (Å²) in [7, 11) is 5.95. The Hall–Kier alpha value is -1.60. The lowest BCUT2D eigenvalue weighted by atomic mass is 9.88. The molecule has 2 N–H and O–H groups in total. The largest absolute Gasteiger partial charge is 0.382 e. The number of aliphatic hydroxyl groups excluding tert-OH is 1. The van der Waals surface area contributed by atoms with Gasteiger partial charge in [0.1, 0.15) is 19.9 Å². The van der Waals surface area contributed by atoms with Crippen LogP contribution in [0.3, 0.4) is 0 Å². The number of nitrogens with zero attached hydrogens (tertiary/aromatic N) is 3. The van der Waals surface area contributed by atoms with Crippen LogP contribution in [-0.2, 0) is 4.74 Å². The summed E-state index contributed by atoms with van der Waals surface area (Å²) in [6.45, 7) is 8.56. The van der Waals surface area contributed by atoms with E-state index in [1.807, 2.05) is 20.8 Å². The Labute approximate surface area is 133 Å². The minimum absolute atomic E-state index is 0.409. The maximum Gasteiger partial charge on any atom is 0.224 e. The van der Waals surface area contributed by atoms with Gasteiger partial charge >= 0.3 is 0 Å². The van der Waals surface area contributed by atoms with Crippen LogP contribution in [-0.4, -0.2) is 55.5 Å². The van der Waals surface area contributed by atoms with Crippen LogP contribution < -0.4 is 10.2 Å². The highest BCUT2D eigenvalue weighted by atomic mass is 16.5. The number of hydrogen-bond donors (Lipinski definition) is 2. The molecule has 0 aliphatic carbocycles. The summed E-state index contributed by atoms with van der Waals surface area (Å²) in [4.78, 5) is 10.8. The third-order valence-electron chi connectivity index (χ3n) is 3.52. The molecule has 1 aliphatic rings. The molecule has 1 atom stereocenters. The number of rotatable bonds is 7. The molecular weight excluding hydrogens is 279 g/mol. The quantitative estimate of drug-likeness (QED) is 0.584. The number of fused-ring (bicyclic) bond motifs is 1. The lowest BCUT2D eigenvalue weighted by Gasteiger charge is -2.35.